The molecule has 0 unspecified atom stereocenters. The van der Waals surface area contributed by atoms with Gasteiger partial charge in [-0.25, -0.2) is 9.97 Å². The molecule has 2 aromatic rings. The highest BCUT2D eigenvalue weighted by atomic mass is 16.5. The van der Waals surface area contributed by atoms with Crippen LogP contribution in [0.5, 0.6) is 5.75 Å². The van der Waals surface area contributed by atoms with Crippen molar-refractivity contribution >= 4 is 11.9 Å². The number of anilines is 1. The fourth-order valence-corrected chi connectivity index (χ4v) is 2.94. The second-order valence-electron chi connectivity index (χ2n) is 6.53. The fraction of sp³-hybridized carbons (Fsp3) is 0.450. The second-order valence-corrected chi connectivity index (χ2v) is 6.53. The first-order valence-electron chi connectivity index (χ1n) is 9.52. The van der Waals surface area contributed by atoms with Crippen LogP contribution in [0.4, 0.5) is 5.95 Å². The summed E-state index contributed by atoms with van der Waals surface area (Å²) in [6, 6.07) is 7.81. The van der Waals surface area contributed by atoms with E-state index >= 15 is 0 Å². The first-order valence-corrected chi connectivity index (χ1v) is 9.52. The third-order valence-electron chi connectivity index (χ3n) is 4.56. The molecule has 1 saturated heterocycles. The highest BCUT2D eigenvalue weighted by Crippen LogP contribution is 2.12. The van der Waals surface area contributed by atoms with Gasteiger partial charge in [-0.05, 0) is 24.1 Å². The molecule has 150 valence electrons. The highest BCUT2D eigenvalue weighted by Gasteiger charge is 2.10. The molecule has 1 aliphatic rings. The van der Waals surface area contributed by atoms with Gasteiger partial charge >= 0.3 is 0 Å². The summed E-state index contributed by atoms with van der Waals surface area (Å²) < 4.78 is 10.5. The summed E-state index contributed by atoms with van der Waals surface area (Å²) in [5, 5.41) is 6.08. The third-order valence-corrected chi connectivity index (χ3v) is 4.56. The number of hydrogen-bond acceptors (Lipinski definition) is 7. The van der Waals surface area contributed by atoms with Gasteiger partial charge in [-0.3, -0.25) is 9.69 Å². The number of nitrogens with zero attached hydrogens (tertiary/aromatic N) is 3. The van der Waals surface area contributed by atoms with Gasteiger partial charge in [-0.1, -0.05) is 12.1 Å². The standard InChI is InChI=1S/C20H27N5O3/c1-27-18-4-2-3-16(13-18)5-6-21-19(26)17-14-23-20(24-15-17)22-7-8-25-9-11-28-12-10-25/h2-4,13-15H,5-12H2,1H3,(H,21,26)(H,22,23,24). The van der Waals surface area contributed by atoms with Gasteiger partial charge < -0.3 is 20.1 Å². The van der Waals surface area contributed by atoms with E-state index in [4.69, 9.17) is 9.47 Å². The van der Waals surface area contributed by atoms with Crippen molar-refractivity contribution in [2.45, 2.75) is 6.42 Å². The van der Waals surface area contributed by atoms with Gasteiger partial charge in [0.1, 0.15) is 5.75 Å². The largest absolute Gasteiger partial charge is 0.497 e. The van der Waals surface area contributed by atoms with Crippen molar-refractivity contribution in [2.75, 3.05) is 58.4 Å². The molecule has 1 fully saturated rings. The van der Waals surface area contributed by atoms with Crippen LogP contribution in [0.1, 0.15) is 15.9 Å². The first-order chi connectivity index (χ1) is 13.7. The molecule has 0 saturated carbocycles. The summed E-state index contributed by atoms with van der Waals surface area (Å²) in [6.07, 6.45) is 3.82. The first kappa shape index (κ1) is 20.0. The number of methoxy groups -OCH3 is 1. The summed E-state index contributed by atoms with van der Waals surface area (Å²) >= 11 is 0. The molecule has 1 aromatic heterocycles. The summed E-state index contributed by atoms with van der Waals surface area (Å²) in [7, 11) is 1.64. The molecular formula is C20H27N5O3. The second kappa shape index (κ2) is 10.6. The predicted octanol–water partition coefficient (Wildman–Crippen LogP) is 1.20. The van der Waals surface area contributed by atoms with E-state index in [9.17, 15) is 4.79 Å². The third kappa shape index (κ3) is 6.17. The minimum Gasteiger partial charge on any atom is -0.497 e. The quantitative estimate of drug-likeness (QED) is 0.671. The van der Waals surface area contributed by atoms with Crippen LogP contribution >= 0.6 is 0 Å². The summed E-state index contributed by atoms with van der Waals surface area (Å²) in [4.78, 5) is 23.0. The molecule has 1 amide bonds. The zero-order valence-corrected chi connectivity index (χ0v) is 16.2. The normalized spacial score (nSPS) is 14.5. The van der Waals surface area contributed by atoms with Crippen molar-refractivity contribution in [3.63, 3.8) is 0 Å². The van der Waals surface area contributed by atoms with E-state index in [-0.39, 0.29) is 5.91 Å². The minimum atomic E-state index is -0.178. The number of carbonyl (C=O) groups excluding carboxylic acids is 1. The molecule has 1 aliphatic heterocycles. The van der Waals surface area contributed by atoms with Crippen molar-refractivity contribution in [1.82, 2.24) is 20.2 Å². The van der Waals surface area contributed by atoms with E-state index in [1.54, 1.807) is 19.5 Å². The molecule has 0 bridgehead atoms. The average molecular weight is 385 g/mol. The number of nitrogens with one attached hydrogen (secondary N) is 2. The number of hydrogen-bond donors (Lipinski definition) is 2. The van der Waals surface area contributed by atoms with Crippen LogP contribution in [0.15, 0.2) is 36.7 Å². The Morgan fingerprint density at radius 3 is 2.75 bits per heavy atom. The fourth-order valence-electron chi connectivity index (χ4n) is 2.94. The Morgan fingerprint density at radius 2 is 2.00 bits per heavy atom. The molecule has 0 aliphatic carbocycles. The van der Waals surface area contributed by atoms with Gasteiger partial charge in [-0.2, -0.15) is 0 Å². The molecular weight excluding hydrogens is 358 g/mol. The zero-order chi connectivity index (χ0) is 19.6. The SMILES string of the molecule is COc1cccc(CCNC(=O)c2cnc(NCCN3CCOCC3)nc2)c1. The smallest absolute Gasteiger partial charge is 0.254 e. The molecule has 28 heavy (non-hydrogen) atoms. The Labute approximate surface area is 165 Å². The molecule has 3 rings (SSSR count). The number of morpholine rings is 1. The number of aromatic nitrogens is 2. The summed E-state index contributed by atoms with van der Waals surface area (Å²) in [5.74, 6) is 1.16. The maximum atomic E-state index is 12.2. The van der Waals surface area contributed by atoms with Gasteiger partial charge in [0.2, 0.25) is 5.95 Å². The molecule has 0 atom stereocenters. The lowest BCUT2D eigenvalue weighted by Gasteiger charge is -2.26. The Balaban J connectivity index is 1.39. The molecule has 0 radical (unpaired) electrons. The van der Waals surface area contributed by atoms with Crippen LogP contribution in [0.25, 0.3) is 0 Å². The summed E-state index contributed by atoms with van der Waals surface area (Å²) in [5.41, 5.74) is 1.56. The van der Waals surface area contributed by atoms with Gasteiger partial charge in [0, 0.05) is 45.1 Å². The van der Waals surface area contributed by atoms with Crippen molar-refractivity contribution in [1.29, 1.82) is 0 Å². The van der Waals surface area contributed by atoms with Crippen molar-refractivity contribution in [3.8, 4) is 5.75 Å². The van der Waals surface area contributed by atoms with E-state index in [2.05, 4.69) is 25.5 Å². The van der Waals surface area contributed by atoms with Crippen molar-refractivity contribution in [2.24, 2.45) is 0 Å². The molecule has 1 aromatic carbocycles. The van der Waals surface area contributed by atoms with Gasteiger partial charge in [0.15, 0.2) is 0 Å². The highest BCUT2D eigenvalue weighted by molar-refractivity contribution is 5.93. The van der Waals surface area contributed by atoms with E-state index < -0.39 is 0 Å². The Morgan fingerprint density at radius 1 is 1.21 bits per heavy atom. The van der Waals surface area contributed by atoms with Crippen LogP contribution in [0.3, 0.4) is 0 Å². The number of ether oxygens (including phenoxy) is 2. The molecule has 2 N–H and O–H groups in total. The molecule has 2 heterocycles. The lowest BCUT2D eigenvalue weighted by atomic mass is 10.1. The lowest BCUT2D eigenvalue weighted by Crippen LogP contribution is -2.39. The van der Waals surface area contributed by atoms with Crippen LogP contribution < -0.4 is 15.4 Å². The predicted molar refractivity (Wildman–Crippen MR) is 107 cm³/mol. The number of rotatable bonds is 9. The van der Waals surface area contributed by atoms with Gasteiger partial charge in [0.05, 0.1) is 25.9 Å². The van der Waals surface area contributed by atoms with E-state index in [1.165, 1.54) is 0 Å². The number of amides is 1. The van der Waals surface area contributed by atoms with Crippen LogP contribution in [0.2, 0.25) is 0 Å². The maximum absolute atomic E-state index is 12.2. The van der Waals surface area contributed by atoms with Gasteiger partial charge in [-0.15, -0.1) is 0 Å². The number of carbonyl (C=O) groups is 1. The topological polar surface area (TPSA) is 88.6 Å². The minimum absolute atomic E-state index is 0.178. The van der Waals surface area contributed by atoms with Crippen LogP contribution in [0, 0.1) is 0 Å². The van der Waals surface area contributed by atoms with E-state index in [1.807, 2.05) is 24.3 Å². The van der Waals surface area contributed by atoms with Crippen molar-refractivity contribution < 1.29 is 14.3 Å². The molecule has 8 heteroatoms. The Bertz CT molecular complexity index is 748. The Hall–Kier alpha value is -2.71. The monoisotopic (exact) mass is 385 g/mol. The van der Waals surface area contributed by atoms with Crippen LogP contribution in [-0.2, 0) is 11.2 Å². The van der Waals surface area contributed by atoms with E-state index in [0.717, 1.165) is 57.1 Å². The van der Waals surface area contributed by atoms with Gasteiger partial charge in [0.25, 0.3) is 5.91 Å². The zero-order valence-electron chi connectivity index (χ0n) is 16.2. The number of benzene rings is 1. The van der Waals surface area contributed by atoms with Crippen molar-refractivity contribution in [3.05, 3.63) is 47.8 Å². The van der Waals surface area contributed by atoms with Crippen LogP contribution in [-0.4, -0.2) is 73.8 Å². The average Bonchev–Trinajstić information content (AvgIpc) is 2.75. The van der Waals surface area contributed by atoms with E-state index in [0.29, 0.717) is 18.1 Å². The Kier molecular flexibility index (Phi) is 7.57. The maximum Gasteiger partial charge on any atom is 0.254 e. The molecule has 0 spiro atoms. The molecule has 8 nitrogen and oxygen atoms in total. The lowest BCUT2D eigenvalue weighted by molar-refractivity contribution is 0.0398. The summed E-state index contributed by atoms with van der Waals surface area (Å²) in [6.45, 7) is 5.70.